The largest absolute Gasteiger partial charge is 0.496 e. The van der Waals surface area contributed by atoms with Gasteiger partial charge in [-0.15, -0.1) is 12.4 Å². The summed E-state index contributed by atoms with van der Waals surface area (Å²) in [5.41, 5.74) is 12.9. The van der Waals surface area contributed by atoms with E-state index in [0.29, 0.717) is 23.8 Å². The average molecular weight is 425 g/mol. The highest BCUT2D eigenvalue weighted by Crippen LogP contribution is 2.47. The van der Waals surface area contributed by atoms with Crippen molar-refractivity contribution < 1.29 is 14.6 Å². The lowest BCUT2D eigenvalue weighted by molar-refractivity contribution is -0.136. The van der Waals surface area contributed by atoms with Crippen molar-refractivity contribution in [2.75, 3.05) is 17.9 Å². The van der Waals surface area contributed by atoms with Gasteiger partial charge in [0.15, 0.2) is 5.82 Å². The highest BCUT2D eigenvalue weighted by Gasteiger charge is 2.41. The number of nitrogen functional groups attached to an aromatic ring is 1. The number of carboxylic acids is 1. The maximum Gasteiger partial charge on any atom is 0.317 e. The first kappa shape index (κ1) is 20.4. The molecule has 4 heterocycles. The molecular formula is C17H21ClN6O3S. The van der Waals surface area contributed by atoms with Crippen LogP contribution in [0.4, 0.5) is 11.8 Å². The van der Waals surface area contributed by atoms with Gasteiger partial charge in [-0.1, -0.05) is 11.8 Å². The third-order valence-electron chi connectivity index (χ3n) is 4.86. The lowest BCUT2D eigenvalue weighted by atomic mass is 10.1. The molecule has 9 nitrogen and oxygen atoms in total. The number of carboxylic acid groups (broad SMARTS) is 1. The number of rotatable bonds is 4. The number of aromatic nitrogens is 3. The highest BCUT2D eigenvalue weighted by atomic mass is 35.5. The number of hydrazine groups is 1. The Hall–Kier alpha value is -2.30. The van der Waals surface area contributed by atoms with Crippen LogP contribution in [0.15, 0.2) is 11.2 Å². The second-order valence-corrected chi connectivity index (χ2v) is 7.81. The van der Waals surface area contributed by atoms with Crippen LogP contribution in [0.25, 0.3) is 0 Å². The first-order valence-corrected chi connectivity index (χ1v) is 9.36. The summed E-state index contributed by atoms with van der Waals surface area (Å²) >= 11 is 1.22. The standard InChI is InChI=1S/C17H20N6O3S.ClH/c1-7-5-19-10(8(2)13(7)26-3)6-23-14-12-9(22-23)4-11(16(24)25)27-15(12)21-17(18)20-14;/h5,9,11,22H,4,6H2,1-3H3,(H,24,25)(H2,18,20,21);1H. The third kappa shape index (κ3) is 3.31. The van der Waals surface area contributed by atoms with E-state index in [0.717, 1.165) is 28.1 Å². The van der Waals surface area contributed by atoms with E-state index in [-0.39, 0.29) is 24.4 Å². The van der Waals surface area contributed by atoms with Crippen molar-refractivity contribution in [2.24, 2.45) is 0 Å². The summed E-state index contributed by atoms with van der Waals surface area (Å²) in [7, 11) is 1.64. The van der Waals surface area contributed by atoms with Crippen molar-refractivity contribution in [3.8, 4) is 5.75 Å². The van der Waals surface area contributed by atoms with Crippen LogP contribution in [-0.4, -0.2) is 38.4 Å². The van der Waals surface area contributed by atoms with Crippen molar-refractivity contribution >= 4 is 41.9 Å². The van der Waals surface area contributed by atoms with Crippen molar-refractivity contribution in [3.63, 3.8) is 0 Å². The van der Waals surface area contributed by atoms with Gasteiger partial charge in [0, 0.05) is 22.9 Å². The molecule has 2 aliphatic rings. The van der Waals surface area contributed by atoms with Crippen LogP contribution in [0.1, 0.15) is 34.8 Å². The van der Waals surface area contributed by atoms with Crippen molar-refractivity contribution in [2.45, 2.75) is 43.1 Å². The number of ether oxygens (including phenoxy) is 1. The molecule has 28 heavy (non-hydrogen) atoms. The van der Waals surface area contributed by atoms with E-state index in [2.05, 4.69) is 20.4 Å². The lowest BCUT2D eigenvalue weighted by Gasteiger charge is -2.24. The monoisotopic (exact) mass is 424 g/mol. The van der Waals surface area contributed by atoms with Crippen LogP contribution in [0.5, 0.6) is 5.75 Å². The summed E-state index contributed by atoms with van der Waals surface area (Å²) in [6.45, 7) is 4.37. The van der Waals surface area contributed by atoms with E-state index < -0.39 is 11.2 Å². The number of thioether (sulfide) groups is 1. The Morgan fingerprint density at radius 1 is 1.46 bits per heavy atom. The van der Waals surface area contributed by atoms with E-state index in [1.807, 2.05) is 18.9 Å². The summed E-state index contributed by atoms with van der Waals surface area (Å²) < 4.78 is 5.49. The molecule has 0 spiro atoms. The summed E-state index contributed by atoms with van der Waals surface area (Å²) in [5.74, 6) is 0.760. The quantitative estimate of drug-likeness (QED) is 0.627. The molecule has 2 atom stereocenters. The Bertz CT molecular complexity index is 944. The molecule has 11 heteroatoms. The van der Waals surface area contributed by atoms with Gasteiger partial charge in [-0.05, 0) is 20.3 Å². The third-order valence-corrected chi connectivity index (χ3v) is 6.07. The van der Waals surface area contributed by atoms with Gasteiger partial charge in [0.2, 0.25) is 5.95 Å². The molecule has 2 aromatic heterocycles. The normalized spacial score (nSPS) is 19.8. The van der Waals surface area contributed by atoms with Crippen LogP contribution in [0.2, 0.25) is 0 Å². The Morgan fingerprint density at radius 2 is 2.21 bits per heavy atom. The molecule has 4 N–H and O–H groups in total. The minimum absolute atomic E-state index is 0. The predicted octanol–water partition coefficient (Wildman–Crippen LogP) is 2.02. The number of pyridine rings is 1. The first-order chi connectivity index (χ1) is 12.9. The number of halogens is 1. The van der Waals surface area contributed by atoms with E-state index >= 15 is 0 Å². The Kier molecular flexibility index (Phi) is 5.55. The van der Waals surface area contributed by atoms with Crippen LogP contribution in [-0.2, 0) is 11.3 Å². The molecule has 0 amide bonds. The summed E-state index contributed by atoms with van der Waals surface area (Å²) in [4.78, 5) is 24.7. The smallest absolute Gasteiger partial charge is 0.317 e. The van der Waals surface area contributed by atoms with Gasteiger partial charge < -0.3 is 15.6 Å². The Balaban J connectivity index is 0.00000225. The number of nitrogens with zero attached hydrogens (tertiary/aromatic N) is 4. The fourth-order valence-electron chi connectivity index (χ4n) is 3.59. The number of nitrogens with one attached hydrogen (secondary N) is 1. The molecule has 2 aliphatic heterocycles. The molecule has 0 fully saturated rings. The van der Waals surface area contributed by atoms with E-state index in [9.17, 15) is 9.90 Å². The zero-order valence-corrected chi connectivity index (χ0v) is 17.2. The number of hydrogen-bond acceptors (Lipinski definition) is 9. The lowest BCUT2D eigenvalue weighted by Crippen LogP contribution is -2.37. The van der Waals surface area contributed by atoms with E-state index in [1.165, 1.54) is 11.8 Å². The molecule has 0 aromatic carbocycles. The molecule has 2 unspecified atom stereocenters. The molecule has 4 rings (SSSR count). The number of methoxy groups -OCH3 is 1. The number of nitrogens with two attached hydrogens (primary N) is 1. The number of anilines is 2. The maximum absolute atomic E-state index is 11.5. The molecular weight excluding hydrogens is 404 g/mol. The highest BCUT2D eigenvalue weighted by molar-refractivity contribution is 8.00. The SMILES string of the molecule is COc1c(C)cnc(CN2NC3CC(C(=O)O)Sc4nc(N)nc2c43)c1C.Cl. The van der Waals surface area contributed by atoms with Crippen LogP contribution < -0.4 is 20.9 Å². The number of aryl methyl sites for hydroxylation is 1. The van der Waals surface area contributed by atoms with Crippen LogP contribution in [0.3, 0.4) is 0 Å². The molecule has 0 radical (unpaired) electrons. The summed E-state index contributed by atoms with van der Waals surface area (Å²) in [6.07, 6.45) is 2.23. The van der Waals surface area contributed by atoms with Gasteiger partial charge in [0.25, 0.3) is 0 Å². The van der Waals surface area contributed by atoms with Gasteiger partial charge >= 0.3 is 5.97 Å². The topological polar surface area (TPSA) is 126 Å². The Labute approximate surface area is 172 Å². The van der Waals surface area contributed by atoms with Crippen LogP contribution in [0, 0.1) is 13.8 Å². The van der Waals surface area contributed by atoms with Gasteiger partial charge in [-0.2, -0.15) is 4.98 Å². The van der Waals surface area contributed by atoms with Crippen molar-refractivity contribution in [3.05, 3.63) is 28.6 Å². The summed E-state index contributed by atoms with van der Waals surface area (Å²) in [6, 6.07) is -0.161. The van der Waals surface area contributed by atoms with Gasteiger partial charge in [0.05, 0.1) is 25.4 Å². The molecule has 0 aliphatic carbocycles. The zero-order valence-electron chi connectivity index (χ0n) is 15.6. The van der Waals surface area contributed by atoms with E-state index in [4.69, 9.17) is 10.5 Å². The van der Waals surface area contributed by atoms with E-state index in [1.54, 1.807) is 13.3 Å². The second kappa shape index (κ2) is 7.61. The van der Waals surface area contributed by atoms with Crippen LogP contribution >= 0.6 is 24.2 Å². The molecule has 0 bridgehead atoms. The first-order valence-electron chi connectivity index (χ1n) is 8.48. The van der Waals surface area contributed by atoms with Gasteiger partial charge in [0.1, 0.15) is 16.0 Å². The predicted molar refractivity (Wildman–Crippen MR) is 108 cm³/mol. The molecule has 0 saturated carbocycles. The summed E-state index contributed by atoms with van der Waals surface area (Å²) in [5, 5.41) is 11.3. The fourth-order valence-corrected chi connectivity index (χ4v) is 4.75. The zero-order chi connectivity index (χ0) is 19.3. The Morgan fingerprint density at radius 3 is 2.89 bits per heavy atom. The maximum atomic E-state index is 11.5. The fraction of sp³-hybridized carbons (Fsp3) is 0.412. The molecule has 150 valence electrons. The minimum atomic E-state index is -0.856. The second-order valence-electron chi connectivity index (χ2n) is 6.62. The average Bonchev–Trinajstić information content (AvgIpc) is 2.96. The number of carbonyl (C=O) groups is 1. The van der Waals surface area contributed by atoms with Gasteiger partial charge in [-0.3, -0.25) is 14.8 Å². The number of aliphatic carboxylic acids is 1. The molecule has 2 aromatic rings. The molecule has 0 saturated heterocycles. The van der Waals surface area contributed by atoms with Crippen molar-refractivity contribution in [1.82, 2.24) is 20.4 Å². The van der Waals surface area contributed by atoms with Gasteiger partial charge in [-0.25, -0.2) is 10.4 Å². The van der Waals surface area contributed by atoms with Crippen molar-refractivity contribution in [1.29, 1.82) is 0 Å². The number of hydrogen-bond donors (Lipinski definition) is 3. The minimum Gasteiger partial charge on any atom is -0.496 e.